The minimum absolute atomic E-state index is 0.863. The van der Waals surface area contributed by atoms with Gasteiger partial charge in [0.05, 0.1) is 5.44 Å². The van der Waals surface area contributed by atoms with Crippen molar-refractivity contribution < 1.29 is 0 Å². The van der Waals surface area contributed by atoms with Crippen LogP contribution in [-0.4, -0.2) is 14.8 Å². The van der Waals surface area contributed by atoms with Crippen molar-refractivity contribution in [1.82, 2.24) is 14.8 Å². The molecular weight excluding hydrogens is 217 g/mol. The van der Waals surface area contributed by atoms with Gasteiger partial charge in [0.25, 0.3) is 0 Å². The molecular formula is C12H18N3P. The van der Waals surface area contributed by atoms with E-state index in [2.05, 4.69) is 33.2 Å². The SMILES string of the molecule is CC.Cc1cnc(-n2ccc(P)n2)cc1C. The van der Waals surface area contributed by atoms with Gasteiger partial charge in [-0.05, 0) is 37.1 Å². The second-order valence-corrected chi connectivity index (χ2v) is 3.90. The normalized spacial score (nSPS) is 9.56. The summed E-state index contributed by atoms with van der Waals surface area (Å²) in [6.45, 7) is 8.13. The van der Waals surface area contributed by atoms with Crippen LogP contribution in [0.3, 0.4) is 0 Å². The van der Waals surface area contributed by atoms with Gasteiger partial charge in [0.15, 0.2) is 5.82 Å². The minimum atomic E-state index is 0.863. The molecule has 2 aromatic heterocycles. The number of hydrogen-bond acceptors (Lipinski definition) is 2. The quantitative estimate of drug-likeness (QED) is 0.711. The first-order valence-corrected chi connectivity index (χ1v) is 5.99. The molecule has 0 N–H and O–H groups in total. The van der Waals surface area contributed by atoms with E-state index in [1.165, 1.54) is 11.1 Å². The van der Waals surface area contributed by atoms with E-state index in [0.717, 1.165) is 11.3 Å². The molecule has 0 bridgehead atoms. The van der Waals surface area contributed by atoms with Gasteiger partial charge in [0, 0.05) is 12.4 Å². The van der Waals surface area contributed by atoms with E-state index in [1.807, 2.05) is 38.4 Å². The maximum absolute atomic E-state index is 4.31. The molecule has 16 heavy (non-hydrogen) atoms. The van der Waals surface area contributed by atoms with Gasteiger partial charge in [-0.15, -0.1) is 0 Å². The van der Waals surface area contributed by atoms with Gasteiger partial charge in [0.2, 0.25) is 0 Å². The Morgan fingerprint density at radius 2 is 1.88 bits per heavy atom. The van der Waals surface area contributed by atoms with Crippen LogP contribution in [0.15, 0.2) is 24.5 Å². The second kappa shape index (κ2) is 5.76. The van der Waals surface area contributed by atoms with Crippen LogP contribution in [-0.2, 0) is 0 Å². The van der Waals surface area contributed by atoms with Crippen LogP contribution in [0.25, 0.3) is 5.82 Å². The molecule has 2 aromatic rings. The first-order chi connectivity index (χ1) is 7.66. The van der Waals surface area contributed by atoms with Crippen molar-refractivity contribution in [2.75, 3.05) is 0 Å². The Balaban J connectivity index is 0.000000606. The second-order valence-electron chi connectivity index (χ2n) is 3.31. The van der Waals surface area contributed by atoms with Gasteiger partial charge in [-0.1, -0.05) is 23.1 Å². The molecule has 0 aliphatic carbocycles. The molecule has 2 heterocycles. The molecule has 0 aromatic carbocycles. The van der Waals surface area contributed by atoms with Crippen molar-refractivity contribution in [1.29, 1.82) is 0 Å². The molecule has 86 valence electrons. The average molecular weight is 235 g/mol. The molecule has 1 unspecified atom stereocenters. The van der Waals surface area contributed by atoms with Gasteiger partial charge in [-0.25, -0.2) is 9.67 Å². The fraction of sp³-hybridized carbons (Fsp3) is 0.333. The highest BCUT2D eigenvalue weighted by Crippen LogP contribution is 2.09. The fourth-order valence-electron chi connectivity index (χ4n) is 1.20. The van der Waals surface area contributed by atoms with E-state index in [9.17, 15) is 0 Å². The molecule has 0 aliphatic rings. The summed E-state index contributed by atoms with van der Waals surface area (Å²) in [6.07, 6.45) is 3.77. The van der Waals surface area contributed by atoms with Gasteiger partial charge < -0.3 is 0 Å². The molecule has 0 aliphatic heterocycles. The summed E-state index contributed by atoms with van der Waals surface area (Å²) in [5.41, 5.74) is 3.35. The van der Waals surface area contributed by atoms with Gasteiger partial charge in [-0.2, -0.15) is 5.10 Å². The summed E-state index contributed by atoms with van der Waals surface area (Å²) in [6, 6.07) is 3.97. The molecule has 4 heteroatoms. The molecule has 0 saturated heterocycles. The zero-order valence-electron chi connectivity index (χ0n) is 10.2. The van der Waals surface area contributed by atoms with Crippen molar-refractivity contribution in [3.8, 4) is 5.82 Å². The van der Waals surface area contributed by atoms with Crippen LogP contribution in [0.4, 0.5) is 0 Å². The number of hydrogen-bond donors (Lipinski definition) is 0. The number of aromatic nitrogens is 3. The summed E-state index contributed by atoms with van der Waals surface area (Å²) < 4.78 is 1.77. The minimum Gasteiger partial charge on any atom is -0.237 e. The Hall–Kier alpha value is -1.21. The highest BCUT2D eigenvalue weighted by atomic mass is 31.0. The number of nitrogens with zero attached hydrogens (tertiary/aromatic N) is 3. The maximum Gasteiger partial charge on any atom is 0.153 e. The Morgan fingerprint density at radius 3 is 2.38 bits per heavy atom. The molecule has 0 saturated carbocycles. The van der Waals surface area contributed by atoms with Gasteiger partial charge >= 0.3 is 0 Å². The van der Waals surface area contributed by atoms with Crippen LogP contribution in [0, 0.1) is 13.8 Å². The van der Waals surface area contributed by atoms with Crippen molar-refractivity contribution in [2.24, 2.45) is 0 Å². The van der Waals surface area contributed by atoms with Crippen LogP contribution in [0.1, 0.15) is 25.0 Å². The Kier molecular flexibility index (Phi) is 4.63. The van der Waals surface area contributed by atoms with Crippen molar-refractivity contribution in [3.05, 3.63) is 35.7 Å². The van der Waals surface area contributed by atoms with Crippen LogP contribution < -0.4 is 5.44 Å². The third kappa shape index (κ3) is 2.89. The summed E-state index contributed by atoms with van der Waals surface area (Å²) in [5, 5.41) is 4.27. The van der Waals surface area contributed by atoms with E-state index < -0.39 is 0 Å². The van der Waals surface area contributed by atoms with Gasteiger partial charge in [0.1, 0.15) is 0 Å². The number of aryl methyl sites for hydroxylation is 2. The van der Waals surface area contributed by atoms with Gasteiger partial charge in [-0.3, -0.25) is 0 Å². The van der Waals surface area contributed by atoms with Crippen LogP contribution >= 0.6 is 9.24 Å². The Labute approximate surface area is 99.1 Å². The van der Waals surface area contributed by atoms with E-state index >= 15 is 0 Å². The summed E-state index contributed by atoms with van der Waals surface area (Å²) in [5.74, 6) is 0.863. The zero-order valence-corrected chi connectivity index (χ0v) is 11.4. The smallest absolute Gasteiger partial charge is 0.153 e. The topological polar surface area (TPSA) is 30.7 Å². The monoisotopic (exact) mass is 235 g/mol. The van der Waals surface area contributed by atoms with Crippen LogP contribution in [0.5, 0.6) is 0 Å². The fourth-order valence-corrected chi connectivity index (χ4v) is 1.41. The third-order valence-electron chi connectivity index (χ3n) is 2.20. The third-order valence-corrected chi connectivity index (χ3v) is 2.51. The number of pyridine rings is 1. The first kappa shape index (κ1) is 12.9. The Bertz CT molecular complexity index is 463. The lowest BCUT2D eigenvalue weighted by molar-refractivity contribution is 0.853. The zero-order chi connectivity index (χ0) is 12.1. The van der Waals surface area contributed by atoms with E-state index in [4.69, 9.17) is 0 Å². The average Bonchev–Trinajstić information content (AvgIpc) is 2.72. The molecule has 0 amide bonds. The van der Waals surface area contributed by atoms with E-state index in [1.54, 1.807) is 4.68 Å². The van der Waals surface area contributed by atoms with Crippen LogP contribution in [0.2, 0.25) is 0 Å². The molecule has 0 fully saturated rings. The lowest BCUT2D eigenvalue weighted by atomic mass is 10.2. The van der Waals surface area contributed by atoms with Crippen molar-refractivity contribution >= 4 is 14.7 Å². The summed E-state index contributed by atoms with van der Waals surface area (Å²) in [7, 11) is 2.56. The standard InChI is InChI=1S/C10H12N3P.C2H6/c1-7-5-9(11-6-8(7)2)13-4-3-10(14)12-13;1-2/h3-6H,14H2,1-2H3;1-2H3. The van der Waals surface area contributed by atoms with E-state index in [-0.39, 0.29) is 0 Å². The largest absolute Gasteiger partial charge is 0.237 e. The summed E-state index contributed by atoms with van der Waals surface area (Å²) in [4.78, 5) is 4.31. The lowest BCUT2D eigenvalue weighted by Crippen LogP contribution is -2.02. The maximum atomic E-state index is 4.31. The van der Waals surface area contributed by atoms with Crippen molar-refractivity contribution in [2.45, 2.75) is 27.7 Å². The molecule has 1 atom stereocenters. The van der Waals surface area contributed by atoms with Crippen molar-refractivity contribution in [3.63, 3.8) is 0 Å². The number of rotatable bonds is 1. The molecule has 2 rings (SSSR count). The predicted octanol–water partition coefficient (Wildman–Crippen LogP) is 2.41. The highest BCUT2D eigenvalue weighted by Gasteiger charge is 2.01. The van der Waals surface area contributed by atoms with E-state index in [0.29, 0.717) is 0 Å². The molecule has 0 spiro atoms. The highest BCUT2D eigenvalue weighted by molar-refractivity contribution is 7.26. The first-order valence-electron chi connectivity index (χ1n) is 5.41. The molecule has 3 nitrogen and oxygen atoms in total. The Morgan fingerprint density at radius 1 is 1.19 bits per heavy atom. The lowest BCUT2D eigenvalue weighted by Gasteiger charge is -2.03. The predicted molar refractivity (Wildman–Crippen MR) is 71.5 cm³/mol. The summed E-state index contributed by atoms with van der Waals surface area (Å²) >= 11 is 0. The molecule has 0 radical (unpaired) electrons.